The zero-order valence-electron chi connectivity index (χ0n) is 11.8. The predicted octanol–water partition coefficient (Wildman–Crippen LogP) is 3.72. The van der Waals surface area contributed by atoms with Gasteiger partial charge >= 0.3 is 0 Å². The SMILES string of the molecule is Cc1ccc(NC(=O)Cc2cccc3ccccc23)nc1. The first kappa shape index (κ1) is 13.3. The maximum Gasteiger partial charge on any atom is 0.229 e. The van der Waals surface area contributed by atoms with Crippen LogP contribution in [0.4, 0.5) is 5.82 Å². The first-order valence-corrected chi connectivity index (χ1v) is 6.91. The van der Waals surface area contributed by atoms with Crippen molar-refractivity contribution in [2.45, 2.75) is 13.3 Å². The third-order valence-corrected chi connectivity index (χ3v) is 3.41. The van der Waals surface area contributed by atoms with Gasteiger partial charge in [0.05, 0.1) is 6.42 Å². The topological polar surface area (TPSA) is 42.0 Å². The third-order valence-electron chi connectivity index (χ3n) is 3.41. The molecule has 0 unspecified atom stereocenters. The molecule has 1 amide bonds. The second kappa shape index (κ2) is 5.75. The van der Waals surface area contributed by atoms with Gasteiger partial charge in [0.1, 0.15) is 5.82 Å². The van der Waals surface area contributed by atoms with Gasteiger partial charge < -0.3 is 5.32 Å². The molecule has 0 aliphatic carbocycles. The number of aryl methyl sites for hydroxylation is 1. The highest BCUT2D eigenvalue weighted by molar-refractivity contribution is 5.95. The van der Waals surface area contributed by atoms with Crippen LogP contribution in [0.25, 0.3) is 10.8 Å². The van der Waals surface area contributed by atoms with Crippen molar-refractivity contribution in [3.05, 3.63) is 71.9 Å². The quantitative estimate of drug-likeness (QED) is 0.792. The molecule has 0 atom stereocenters. The van der Waals surface area contributed by atoms with E-state index in [-0.39, 0.29) is 5.91 Å². The van der Waals surface area contributed by atoms with E-state index in [0.717, 1.165) is 21.9 Å². The molecule has 0 fully saturated rings. The van der Waals surface area contributed by atoms with Crippen LogP contribution in [0.2, 0.25) is 0 Å². The molecule has 0 saturated heterocycles. The lowest BCUT2D eigenvalue weighted by atomic mass is 10.0. The molecule has 3 aromatic rings. The molecule has 1 heterocycles. The molecule has 0 aliphatic heterocycles. The molecular formula is C18H16N2O. The average molecular weight is 276 g/mol. The second-order valence-corrected chi connectivity index (χ2v) is 5.08. The minimum absolute atomic E-state index is 0.0530. The Morgan fingerprint density at radius 2 is 1.86 bits per heavy atom. The van der Waals surface area contributed by atoms with Crippen LogP contribution in [0.5, 0.6) is 0 Å². The molecule has 1 N–H and O–H groups in total. The van der Waals surface area contributed by atoms with Crippen molar-refractivity contribution in [3.63, 3.8) is 0 Å². The molecule has 21 heavy (non-hydrogen) atoms. The Bertz CT molecular complexity index is 773. The van der Waals surface area contributed by atoms with Crippen molar-refractivity contribution in [1.29, 1.82) is 0 Å². The maximum atomic E-state index is 12.2. The van der Waals surface area contributed by atoms with Gasteiger partial charge in [-0.2, -0.15) is 0 Å². The molecule has 1 aromatic heterocycles. The minimum Gasteiger partial charge on any atom is -0.310 e. The molecular weight excluding hydrogens is 260 g/mol. The van der Waals surface area contributed by atoms with Gasteiger partial charge in [-0.05, 0) is 34.9 Å². The number of aromatic nitrogens is 1. The van der Waals surface area contributed by atoms with Crippen molar-refractivity contribution in [2.24, 2.45) is 0 Å². The van der Waals surface area contributed by atoms with Gasteiger partial charge in [-0.3, -0.25) is 4.79 Å². The molecule has 0 saturated carbocycles. The zero-order chi connectivity index (χ0) is 14.7. The van der Waals surface area contributed by atoms with E-state index in [0.29, 0.717) is 12.2 Å². The van der Waals surface area contributed by atoms with E-state index in [4.69, 9.17) is 0 Å². The van der Waals surface area contributed by atoms with Crippen LogP contribution in [-0.2, 0) is 11.2 Å². The number of fused-ring (bicyclic) bond motifs is 1. The molecule has 0 bridgehead atoms. The fourth-order valence-electron chi connectivity index (χ4n) is 2.35. The molecule has 3 nitrogen and oxygen atoms in total. The van der Waals surface area contributed by atoms with Crippen LogP contribution in [0.1, 0.15) is 11.1 Å². The Balaban J connectivity index is 1.79. The molecule has 104 valence electrons. The zero-order valence-corrected chi connectivity index (χ0v) is 11.8. The summed E-state index contributed by atoms with van der Waals surface area (Å²) >= 11 is 0. The van der Waals surface area contributed by atoms with Gasteiger partial charge in [-0.1, -0.05) is 48.5 Å². The summed E-state index contributed by atoms with van der Waals surface area (Å²) < 4.78 is 0. The summed E-state index contributed by atoms with van der Waals surface area (Å²) in [6.45, 7) is 1.97. The van der Waals surface area contributed by atoms with Crippen molar-refractivity contribution in [3.8, 4) is 0 Å². The van der Waals surface area contributed by atoms with Gasteiger partial charge in [0, 0.05) is 6.20 Å². The van der Waals surface area contributed by atoms with Crippen LogP contribution in [0.3, 0.4) is 0 Å². The van der Waals surface area contributed by atoms with Crippen molar-refractivity contribution in [2.75, 3.05) is 5.32 Å². The number of amides is 1. The van der Waals surface area contributed by atoms with Crippen LogP contribution < -0.4 is 5.32 Å². The van der Waals surface area contributed by atoms with E-state index in [1.165, 1.54) is 0 Å². The van der Waals surface area contributed by atoms with E-state index in [2.05, 4.69) is 22.4 Å². The van der Waals surface area contributed by atoms with Gasteiger partial charge in [-0.15, -0.1) is 0 Å². The lowest BCUT2D eigenvalue weighted by molar-refractivity contribution is -0.115. The van der Waals surface area contributed by atoms with Crippen molar-refractivity contribution >= 4 is 22.5 Å². The standard InChI is InChI=1S/C18H16N2O/c1-13-9-10-17(19-12-13)20-18(21)11-15-7-4-6-14-5-2-3-8-16(14)15/h2-10,12H,11H2,1H3,(H,19,20,21). The van der Waals surface area contributed by atoms with Gasteiger partial charge in [-0.25, -0.2) is 4.98 Å². The van der Waals surface area contributed by atoms with Crippen LogP contribution in [-0.4, -0.2) is 10.9 Å². The van der Waals surface area contributed by atoms with Gasteiger partial charge in [0.15, 0.2) is 0 Å². The smallest absolute Gasteiger partial charge is 0.229 e. The van der Waals surface area contributed by atoms with E-state index in [1.54, 1.807) is 6.20 Å². The van der Waals surface area contributed by atoms with E-state index in [1.807, 2.05) is 49.4 Å². The number of anilines is 1. The number of nitrogens with zero attached hydrogens (tertiary/aromatic N) is 1. The van der Waals surface area contributed by atoms with Gasteiger partial charge in [0.25, 0.3) is 0 Å². The number of hydrogen-bond acceptors (Lipinski definition) is 2. The number of pyridine rings is 1. The first-order chi connectivity index (χ1) is 10.2. The summed E-state index contributed by atoms with van der Waals surface area (Å²) in [6.07, 6.45) is 2.09. The number of carbonyl (C=O) groups is 1. The number of carbonyl (C=O) groups excluding carboxylic acids is 1. The number of benzene rings is 2. The Hall–Kier alpha value is -2.68. The summed E-state index contributed by atoms with van der Waals surface area (Å²) in [5.41, 5.74) is 2.10. The normalized spacial score (nSPS) is 10.5. The average Bonchev–Trinajstić information content (AvgIpc) is 2.50. The minimum atomic E-state index is -0.0530. The van der Waals surface area contributed by atoms with E-state index >= 15 is 0 Å². The maximum absolute atomic E-state index is 12.2. The largest absolute Gasteiger partial charge is 0.310 e. The van der Waals surface area contributed by atoms with Crippen molar-refractivity contribution < 1.29 is 4.79 Å². The monoisotopic (exact) mass is 276 g/mol. The van der Waals surface area contributed by atoms with E-state index < -0.39 is 0 Å². The molecule has 0 spiro atoms. The summed E-state index contributed by atoms with van der Waals surface area (Å²) in [6, 6.07) is 17.9. The summed E-state index contributed by atoms with van der Waals surface area (Å²) in [5.74, 6) is 0.536. The van der Waals surface area contributed by atoms with E-state index in [9.17, 15) is 4.79 Å². The lowest BCUT2D eigenvalue weighted by Gasteiger charge is -2.07. The molecule has 0 radical (unpaired) electrons. The second-order valence-electron chi connectivity index (χ2n) is 5.08. The molecule has 3 heteroatoms. The Kier molecular flexibility index (Phi) is 3.65. The highest BCUT2D eigenvalue weighted by Gasteiger charge is 2.07. The van der Waals surface area contributed by atoms with Gasteiger partial charge in [0.2, 0.25) is 5.91 Å². The number of rotatable bonds is 3. The molecule has 3 rings (SSSR count). The number of hydrogen-bond donors (Lipinski definition) is 1. The van der Waals surface area contributed by atoms with Crippen LogP contribution in [0.15, 0.2) is 60.8 Å². The highest BCUT2D eigenvalue weighted by atomic mass is 16.1. The van der Waals surface area contributed by atoms with Crippen molar-refractivity contribution in [1.82, 2.24) is 4.98 Å². The molecule has 0 aliphatic rings. The first-order valence-electron chi connectivity index (χ1n) is 6.91. The summed E-state index contributed by atoms with van der Waals surface area (Å²) in [7, 11) is 0. The Morgan fingerprint density at radius 3 is 2.67 bits per heavy atom. The summed E-state index contributed by atoms with van der Waals surface area (Å²) in [4.78, 5) is 16.3. The predicted molar refractivity (Wildman–Crippen MR) is 85.3 cm³/mol. The molecule has 2 aromatic carbocycles. The fraction of sp³-hybridized carbons (Fsp3) is 0.111. The number of nitrogens with one attached hydrogen (secondary N) is 1. The van der Waals surface area contributed by atoms with Crippen LogP contribution >= 0.6 is 0 Å². The fourth-order valence-corrected chi connectivity index (χ4v) is 2.35. The highest BCUT2D eigenvalue weighted by Crippen LogP contribution is 2.19. The van der Waals surface area contributed by atoms with Crippen LogP contribution in [0, 0.1) is 6.92 Å². The summed E-state index contributed by atoms with van der Waals surface area (Å²) in [5, 5.41) is 5.10. The third kappa shape index (κ3) is 3.08. The Morgan fingerprint density at radius 1 is 1.05 bits per heavy atom. The lowest BCUT2D eigenvalue weighted by Crippen LogP contribution is -2.15. The Labute approximate surface area is 123 Å².